The topological polar surface area (TPSA) is 54.8 Å². The maximum atomic E-state index is 12.5. The molecule has 1 aliphatic heterocycles. The Morgan fingerprint density at radius 3 is 2.61 bits per heavy atom. The van der Waals surface area contributed by atoms with Crippen LogP contribution in [0.25, 0.3) is 0 Å². The van der Waals surface area contributed by atoms with Gasteiger partial charge >= 0.3 is 6.09 Å². The molecule has 0 aliphatic carbocycles. The quantitative estimate of drug-likeness (QED) is 0.836. The van der Waals surface area contributed by atoms with Crippen molar-refractivity contribution in [3.63, 3.8) is 0 Å². The van der Waals surface area contributed by atoms with Crippen molar-refractivity contribution in [3.05, 3.63) is 23.9 Å². The van der Waals surface area contributed by atoms with Gasteiger partial charge in [-0.3, -0.25) is 9.89 Å². The summed E-state index contributed by atoms with van der Waals surface area (Å²) < 4.78 is 5.53. The Kier molecular flexibility index (Phi) is 5.39. The molecular formula is C18H27N3O2. The van der Waals surface area contributed by atoms with Gasteiger partial charge in [0.1, 0.15) is 11.4 Å². The second-order valence-electron chi connectivity index (χ2n) is 6.94. The van der Waals surface area contributed by atoms with Gasteiger partial charge in [-0.25, -0.2) is 9.78 Å². The van der Waals surface area contributed by atoms with Crippen LogP contribution >= 0.6 is 0 Å². The average Bonchev–Trinajstić information content (AvgIpc) is 3.00. The summed E-state index contributed by atoms with van der Waals surface area (Å²) in [7, 11) is 0. The summed E-state index contributed by atoms with van der Waals surface area (Å²) in [6.07, 6.45) is 4.38. The van der Waals surface area contributed by atoms with Gasteiger partial charge in [-0.2, -0.15) is 0 Å². The summed E-state index contributed by atoms with van der Waals surface area (Å²) in [4.78, 5) is 23.1. The van der Waals surface area contributed by atoms with E-state index in [0.717, 1.165) is 37.1 Å². The molecule has 1 aliphatic rings. The SMILES string of the molecule is CC[C@@H](C)N(C(=O)OC(C)(C)C)c1ccc(C2=NCCC2)cn1. The fourth-order valence-electron chi connectivity index (χ4n) is 2.47. The first kappa shape index (κ1) is 17.4. The van der Waals surface area contributed by atoms with E-state index in [0.29, 0.717) is 5.82 Å². The zero-order chi connectivity index (χ0) is 17.0. The lowest BCUT2D eigenvalue weighted by Gasteiger charge is -2.30. The Hall–Kier alpha value is -1.91. The third kappa shape index (κ3) is 4.53. The highest BCUT2D eigenvalue weighted by Gasteiger charge is 2.27. The minimum absolute atomic E-state index is 0.0204. The van der Waals surface area contributed by atoms with E-state index in [1.54, 1.807) is 11.1 Å². The highest BCUT2D eigenvalue weighted by Crippen LogP contribution is 2.21. The van der Waals surface area contributed by atoms with E-state index in [2.05, 4.69) is 9.98 Å². The first-order valence-corrected chi connectivity index (χ1v) is 8.34. The maximum Gasteiger partial charge on any atom is 0.416 e. The van der Waals surface area contributed by atoms with Crippen molar-refractivity contribution < 1.29 is 9.53 Å². The number of pyridine rings is 1. The molecule has 2 rings (SSSR count). The van der Waals surface area contributed by atoms with Crippen LogP contribution in [0, 0.1) is 0 Å². The number of hydrogen-bond acceptors (Lipinski definition) is 4. The van der Waals surface area contributed by atoms with Crippen LogP contribution in [0.15, 0.2) is 23.3 Å². The summed E-state index contributed by atoms with van der Waals surface area (Å²) >= 11 is 0. The standard InChI is InChI=1S/C18H27N3O2/c1-6-13(2)21(17(22)23-18(3,4)5)16-10-9-14(12-20-16)15-8-7-11-19-15/h9-10,12-13H,6-8,11H2,1-5H3/t13-/m1/s1. The first-order valence-electron chi connectivity index (χ1n) is 8.34. The van der Waals surface area contributed by atoms with E-state index >= 15 is 0 Å². The van der Waals surface area contributed by atoms with Gasteiger partial charge in [0.25, 0.3) is 0 Å². The zero-order valence-corrected chi connectivity index (χ0v) is 14.8. The fraction of sp³-hybridized carbons (Fsp3) is 0.611. The molecule has 1 aromatic heterocycles. The van der Waals surface area contributed by atoms with E-state index < -0.39 is 5.60 Å². The van der Waals surface area contributed by atoms with E-state index in [-0.39, 0.29) is 12.1 Å². The number of nitrogens with zero attached hydrogens (tertiary/aromatic N) is 3. The molecule has 0 radical (unpaired) electrons. The van der Waals surface area contributed by atoms with Gasteiger partial charge in [0.05, 0.1) is 0 Å². The molecule has 23 heavy (non-hydrogen) atoms. The van der Waals surface area contributed by atoms with Gasteiger partial charge in [-0.05, 0) is 59.1 Å². The minimum atomic E-state index is -0.526. The summed E-state index contributed by atoms with van der Waals surface area (Å²) in [5.74, 6) is 0.621. The Bertz CT molecular complexity index is 573. The van der Waals surface area contributed by atoms with Crippen LogP contribution in [0.3, 0.4) is 0 Å². The van der Waals surface area contributed by atoms with Crippen molar-refractivity contribution >= 4 is 17.6 Å². The van der Waals surface area contributed by atoms with Crippen LogP contribution in [-0.2, 0) is 4.74 Å². The third-order valence-corrected chi connectivity index (χ3v) is 3.82. The molecule has 0 unspecified atom stereocenters. The molecule has 1 aromatic rings. The second kappa shape index (κ2) is 7.11. The van der Waals surface area contributed by atoms with Crippen molar-refractivity contribution in [2.75, 3.05) is 11.4 Å². The lowest BCUT2D eigenvalue weighted by Crippen LogP contribution is -2.42. The molecular weight excluding hydrogens is 290 g/mol. The molecule has 5 heteroatoms. The predicted molar refractivity (Wildman–Crippen MR) is 93.3 cm³/mol. The van der Waals surface area contributed by atoms with E-state index in [1.165, 1.54) is 0 Å². The lowest BCUT2D eigenvalue weighted by atomic mass is 10.1. The van der Waals surface area contributed by atoms with Gasteiger partial charge in [-0.1, -0.05) is 6.92 Å². The molecule has 0 aromatic carbocycles. The Morgan fingerprint density at radius 1 is 1.39 bits per heavy atom. The number of carbonyl (C=O) groups is 1. The first-order chi connectivity index (χ1) is 10.8. The van der Waals surface area contributed by atoms with Crippen LogP contribution in [0.2, 0.25) is 0 Å². The van der Waals surface area contributed by atoms with Crippen LogP contribution in [0.5, 0.6) is 0 Å². The number of anilines is 1. The second-order valence-corrected chi connectivity index (χ2v) is 6.94. The summed E-state index contributed by atoms with van der Waals surface area (Å²) in [6, 6.07) is 3.89. The van der Waals surface area contributed by atoms with Crippen LogP contribution in [0.4, 0.5) is 10.6 Å². The largest absolute Gasteiger partial charge is 0.443 e. The number of aromatic nitrogens is 1. The predicted octanol–water partition coefficient (Wildman–Crippen LogP) is 4.20. The Labute approximate surface area is 138 Å². The van der Waals surface area contributed by atoms with Crippen molar-refractivity contribution in [2.24, 2.45) is 4.99 Å². The van der Waals surface area contributed by atoms with E-state index in [9.17, 15) is 4.79 Å². The van der Waals surface area contributed by atoms with E-state index in [4.69, 9.17) is 4.74 Å². The van der Waals surface area contributed by atoms with Crippen molar-refractivity contribution in [1.29, 1.82) is 0 Å². The number of aliphatic imine (C=N–C) groups is 1. The summed E-state index contributed by atoms with van der Waals surface area (Å²) in [5.41, 5.74) is 1.62. The lowest BCUT2D eigenvalue weighted by molar-refractivity contribution is 0.0566. The summed E-state index contributed by atoms with van der Waals surface area (Å²) in [5, 5.41) is 0. The molecule has 1 amide bonds. The van der Waals surface area contributed by atoms with Gasteiger partial charge in [0.15, 0.2) is 0 Å². The Morgan fingerprint density at radius 2 is 2.13 bits per heavy atom. The summed E-state index contributed by atoms with van der Waals surface area (Å²) in [6.45, 7) is 10.6. The average molecular weight is 317 g/mol. The van der Waals surface area contributed by atoms with E-state index in [1.807, 2.05) is 46.8 Å². The number of rotatable bonds is 4. The van der Waals surface area contributed by atoms with Crippen LogP contribution in [0.1, 0.15) is 59.4 Å². The van der Waals surface area contributed by atoms with Crippen molar-refractivity contribution in [2.45, 2.75) is 65.5 Å². The molecule has 5 nitrogen and oxygen atoms in total. The fourth-order valence-corrected chi connectivity index (χ4v) is 2.47. The number of hydrogen-bond donors (Lipinski definition) is 0. The number of amides is 1. The molecule has 126 valence electrons. The highest BCUT2D eigenvalue weighted by molar-refractivity contribution is 6.01. The minimum Gasteiger partial charge on any atom is -0.443 e. The smallest absolute Gasteiger partial charge is 0.416 e. The third-order valence-electron chi connectivity index (χ3n) is 3.82. The zero-order valence-electron chi connectivity index (χ0n) is 14.8. The molecule has 0 fully saturated rings. The van der Waals surface area contributed by atoms with Crippen molar-refractivity contribution in [1.82, 2.24) is 4.98 Å². The molecule has 0 N–H and O–H groups in total. The molecule has 0 saturated heterocycles. The van der Waals surface area contributed by atoms with Gasteiger partial charge in [-0.15, -0.1) is 0 Å². The maximum absolute atomic E-state index is 12.5. The monoisotopic (exact) mass is 317 g/mol. The molecule has 0 saturated carbocycles. The Balaban J connectivity index is 2.23. The van der Waals surface area contributed by atoms with Crippen LogP contribution in [-0.4, -0.2) is 35.0 Å². The van der Waals surface area contributed by atoms with Crippen LogP contribution < -0.4 is 4.90 Å². The molecule has 2 heterocycles. The van der Waals surface area contributed by atoms with Gasteiger partial charge in [0.2, 0.25) is 0 Å². The van der Waals surface area contributed by atoms with Gasteiger partial charge < -0.3 is 4.74 Å². The highest BCUT2D eigenvalue weighted by atomic mass is 16.6. The molecule has 1 atom stereocenters. The van der Waals surface area contributed by atoms with Crippen molar-refractivity contribution in [3.8, 4) is 0 Å². The number of carbonyl (C=O) groups excluding carboxylic acids is 1. The normalized spacial score (nSPS) is 16.0. The van der Waals surface area contributed by atoms with Gasteiger partial charge in [0, 0.05) is 30.1 Å². The molecule has 0 bridgehead atoms. The number of ether oxygens (including phenoxy) is 1. The molecule has 0 spiro atoms.